The summed E-state index contributed by atoms with van der Waals surface area (Å²) in [6.45, 7) is 1.69. The third kappa shape index (κ3) is 2.52. The first-order valence-corrected chi connectivity index (χ1v) is 6.04. The lowest BCUT2D eigenvalue weighted by molar-refractivity contribution is 0.112. The third-order valence-electron chi connectivity index (χ3n) is 2.54. The van der Waals surface area contributed by atoms with Crippen molar-refractivity contribution in [1.29, 1.82) is 0 Å². The van der Waals surface area contributed by atoms with Crippen LogP contribution in [0.4, 0.5) is 0 Å². The van der Waals surface area contributed by atoms with Crippen molar-refractivity contribution in [1.82, 2.24) is 9.78 Å². The van der Waals surface area contributed by atoms with Crippen molar-refractivity contribution in [2.45, 2.75) is 6.92 Å². The molecule has 0 amide bonds. The normalized spacial score (nSPS) is 10.5. The number of nitrogens with zero attached hydrogens (tertiary/aromatic N) is 2. The molecule has 7 heteroatoms. The van der Waals surface area contributed by atoms with Gasteiger partial charge in [0.1, 0.15) is 5.75 Å². The van der Waals surface area contributed by atoms with Crippen LogP contribution in [0.25, 0.3) is 0 Å². The monoisotopic (exact) mass is 300 g/mol. The van der Waals surface area contributed by atoms with Crippen molar-refractivity contribution in [3.63, 3.8) is 0 Å². The van der Waals surface area contributed by atoms with Crippen molar-refractivity contribution >= 4 is 29.5 Å². The molecule has 0 aliphatic heterocycles. The topological polar surface area (TPSA) is 64.3 Å². The zero-order valence-corrected chi connectivity index (χ0v) is 11.7. The number of rotatable bonds is 3. The van der Waals surface area contributed by atoms with Crippen LogP contribution in [0, 0.1) is 6.92 Å². The number of aldehydes is 1. The number of ether oxygens (including phenoxy) is 1. The molecule has 0 radical (unpaired) electrons. The Morgan fingerprint density at radius 1 is 1.37 bits per heavy atom. The predicted octanol–water partition coefficient (Wildman–Crippen LogP) is 3.35. The number of phenols is 1. The number of aromatic hydroxyl groups is 1. The Labute approximate surface area is 119 Å². The minimum atomic E-state index is -0.160. The van der Waals surface area contributed by atoms with Gasteiger partial charge in [0, 0.05) is 13.1 Å². The molecule has 0 fully saturated rings. The van der Waals surface area contributed by atoms with Crippen LogP contribution in [0.2, 0.25) is 10.0 Å². The maximum atomic E-state index is 11.0. The third-order valence-corrected chi connectivity index (χ3v) is 3.14. The molecule has 1 aromatic heterocycles. The zero-order valence-electron chi connectivity index (χ0n) is 10.1. The standard InChI is InChI=1S/C12H10Cl2N2O3/c1-6-7(5-17)12(16(2)15-6)19-11-4-10(18)8(13)3-9(11)14/h3-5,18H,1-2H3. The molecule has 2 aromatic rings. The number of carbonyl (C=O) groups is 1. The summed E-state index contributed by atoms with van der Waals surface area (Å²) >= 11 is 11.7. The zero-order chi connectivity index (χ0) is 14.2. The lowest BCUT2D eigenvalue weighted by atomic mass is 10.3. The number of phenolic OH excluding ortho intramolecular Hbond substituents is 1. The first kappa shape index (κ1) is 13.7. The minimum absolute atomic E-state index is 0.120. The average molecular weight is 301 g/mol. The molecule has 5 nitrogen and oxygen atoms in total. The molecule has 0 unspecified atom stereocenters. The Kier molecular flexibility index (Phi) is 3.68. The van der Waals surface area contributed by atoms with Crippen LogP contribution >= 0.6 is 23.2 Å². The second-order valence-corrected chi connectivity index (χ2v) is 4.70. The van der Waals surface area contributed by atoms with Gasteiger partial charge >= 0.3 is 0 Å². The van der Waals surface area contributed by atoms with Gasteiger partial charge in [-0.2, -0.15) is 5.10 Å². The second kappa shape index (κ2) is 5.11. The van der Waals surface area contributed by atoms with Crippen LogP contribution in [-0.4, -0.2) is 21.2 Å². The lowest BCUT2D eigenvalue weighted by Gasteiger charge is -2.09. The van der Waals surface area contributed by atoms with Gasteiger partial charge in [-0.1, -0.05) is 23.2 Å². The number of halogens is 2. The van der Waals surface area contributed by atoms with E-state index in [1.807, 2.05) is 0 Å². The maximum absolute atomic E-state index is 11.0. The fourth-order valence-corrected chi connectivity index (χ4v) is 2.03. The summed E-state index contributed by atoms with van der Waals surface area (Å²) < 4.78 is 6.95. The number of benzene rings is 1. The molecule has 0 saturated carbocycles. The van der Waals surface area contributed by atoms with Gasteiger partial charge in [-0.3, -0.25) is 4.79 Å². The molecular weight excluding hydrogens is 291 g/mol. The summed E-state index contributed by atoms with van der Waals surface area (Å²) in [6.07, 6.45) is 0.654. The first-order valence-electron chi connectivity index (χ1n) is 5.28. The highest BCUT2D eigenvalue weighted by molar-refractivity contribution is 6.36. The van der Waals surface area contributed by atoms with Crippen molar-refractivity contribution in [2.75, 3.05) is 0 Å². The van der Waals surface area contributed by atoms with Gasteiger partial charge in [-0.25, -0.2) is 4.68 Å². The quantitative estimate of drug-likeness (QED) is 0.883. The van der Waals surface area contributed by atoms with Crippen molar-refractivity contribution in [2.24, 2.45) is 7.05 Å². The van der Waals surface area contributed by atoms with E-state index in [0.717, 1.165) is 0 Å². The fraction of sp³-hybridized carbons (Fsp3) is 0.167. The number of hydrogen-bond acceptors (Lipinski definition) is 4. The molecule has 1 aromatic carbocycles. The van der Waals surface area contributed by atoms with E-state index in [4.69, 9.17) is 27.9 Å². The minimum Gasteiger partial charge on any atom is -0.506 e. The van der Waals surface area contributed by atoms with Crippen molar-refractivity contribution in [3.8, 4) is 17.4 Å². The second-order valence-electron chi connectivity index (χ2n) is 3.88. The van der Waals surface area contributed by atoms with E-state index in [1.165, 1.54) is 16.8 Å². The van der Waals surface area contributed by atoms with E-state index < -0.39 is 0 Å². The summed E-state index contributed by atoms with van der Waals surface area (Å²) in [5, 5.41) is 14.0. The molecule has 0 aliphatic rings. The number of hydrogen-bond donors (Lipinski definition) is 1. The summed E-state index contributed by atoms with van der Waals surface area (Å²) in [4.78, 5) is 11.0. The van der Waals surface area contributed by atoms with Crippen molar-refractivity contribution < 1.29 is 14.6 Å². The van der Waals surface area contributed by atoms with Crippen LogP contribution in [0.3, 0.4) is 0 Å². The van der Waals surface area contributed by atoms with Gasteiger partial charge in [0.05, 0.1) is 21.3 Å². The Balaban J connectivity index is 2.47. The number of aryl methyl sites for hydroxylation is 2. The van der Waals surface area contributed by atoms with Gasteiger partial charge in [-0.05, 0) is 13.0 Å². The fourth-order valence-electron chi connectivity index (χ4n) is 1.61. The van der Waals surface area contributed by atoms with Crippen LogP contribution in [0.1, 0.15) is 16.1 Å². The smallest absolute Gasteiger partial charge is 0.228 e. The largest absolute Gasteiger partial charge is 0.506 e. The highest BCUT2D eigenvalue weighted by atomic mass is 35.5. The van der Waals surface area contributed by atoms with Crippen LogP contribution in [-0.2, 0) is 7.05 Å². The predicted molar refractivity (Wildman–Crippen MR) is 71.5 cm³/mol. The van der Waals surface area contributed by atoms with Gasteiger partial charge in [0.25, 0.3) is 0 Å². The molecule has 100 valence electrons. The summed E-state index contributed by atoms with van der Waals surface area (Å²) in [6, 6.07) is 2.64. The maximum Gasteiger partial charge on any atom is 0.228 e. The summed E-state index contributed by atoms with van der Waals surface area (Å²) in [5.74, 6) is 0.276. The van der Waals surface area contributed by atoms with Gasteiger partial charge < -0.3 is 9.84 Å². The lowest BCUT2D eigenvalue weighted by Crippen LogP contribution is -1.97. The molecule has 0 saturated heterocycles. The molecule has 1 N–H and O–H groups in total. The van der Waals surface area contributed by atoms with E-state index in [-0.39, 0.29) is 27.4 Å². The molecule has 2 rings (SSSR count). The molecule has 1 heterocycles. The van der Waals surface area contributed by atoms with Crippen LogP contribution in [0.5, 0.6) is 17.4 Å². The van der Waals surface area contributed by atoms with E-state index in [9.17, 15) is 9.90 Å². The number of aromatic nitrogens is 2. The van der Waals surface area contributed by atoms with E-state index >= 15 is 0 Å². The Bertz CT molecular complexity index is 653. The molecule has 0 atom stereocenters. The SMILES string of the molecule is Cc1nn(C)c(Oc2cc(O)c(Cl)cc2Cl)c1C=O. The average Bonchev–Trinajstić information content (AvgIpc) is 2.60. The Morgan fingerprint density at radius 3 is 2.68 bits per heavy atom. The van der Waals surface area contributed by atoms with E-state index in [2.05, 4.69) is 5.10 Å². The van der Waals surface area contributed by atoms with E-state index in [0.29, 0.717) is 17.5 Å². The van der Waals surface area contributed by atoms with Gasteiger partial charge in [-0.15, -0.1) is 0 Å². The first-order chi connectivity index (χ1) is 8.93. The summed E-state index contributed by atoms with van der Waals surface area (Å²) in [5.41, 5.74) is 0.870. The van der Waals surface area contributed by atoms with Gasteiger partial charge in [0.15, 0.2) is 12.0 Å². The summed E-state index contributed by atoms with van der Waals surface area (Å²) in [7, 11) is 1.64. The Hall–Kier alpha value is -1.72. The van der Waals surface area contributed by atoms with E-state index in [1.54, 1.807) is 14.0 Å². The van der Waals surface area contributed by atoms with Crippen LogP contribution < -0.4 is 4.74 Å². The van der Waals surface area contributed by atoms with Crippen molar-refractivity contribution in [3.05, 3.63) is 33.4 Å². The molecule has 0 spiro atoms. The number of carbonyl (C=O) groups excluding carboxylic acids is 1. The highest BCUT2D eigenvalue weighted by Gasteiger charge is 2.17. The molecule has 0 aliphatic carbocycles. The highest BCUT2D eigenvalue weighted by Crippen LogP contribution is 2.38. The molecular formula is C12H10Cl2N2O3. The molecule has 19 heavy (non-hydrogen) atoms. The molecule has 0 bridgehead atoms. The van der Waals surface area contributed by atoms with Gasteiger partial charge in [0.2, 0.25) is 5.88 Å². The van der Waals surface area contributed by atoms with Crippen LogP contribution in [0.15, 0.2) is 12.1 Å². The Morgan fingerprint density at radius 2 is 2.05 bits per heavy atom.